The summed E-state index contributed by atoms with van der Waals surface area (Å²) in [4.78, 5) is 11.7. The van der Waals surface area contributed by atoms with Gasteiger partial charge in [-0.2, -0.15) is 31.6 Å². The number of carbonyl (C=O) groups is 1. The molecule has 0 heterocycles. The summed E-state index contributed by atoms with van der Waals surface area (Å²) in [5.74, 6) is -2.25. The lowest BCUT2D eigenvalue weighted by atomic mass is 10.2. The quantitative estimate of drug-likeness (QED) is 0.578. The Labute approximate surface area is 131 Å². The van der Waals surface area contributed by atoms with E-state index >= 15 is 0 Å². The molecule has 0 radical (unpaired) electrons. The second-order valence-corrected chi connectivity index (χ2v) is 4.20. The smallest absolute Gasteiger partial charge is 0.422 e. The highest BCUT2D eigenvalue weighted by Gasteiger charge is 2.30. The Morgan fingerprint density at radius 1 is 1.04 bits per heavy atom. The first-order chi connectivity index (χ1) is 11.0. The molecule has 0 N–H and O–H groups in total. The molecule has 1 aromatic rings. The molecule has 24 heavy (non-hydrogen) atoms. The van der Waals surface area contributed by atoms with Crippen molar-refractivity contribution in [2.45, 2.75) is 12.4 Å². The Morgan fingerprint density at radius 2 is 1.62 bits per heavy atom. The molecule has 0 saturated heterocycles. The van der Waals surface area contributed by atoms with Gasteiger partial charge in [0.2, 0.25) is 0 Å². The van der Waals surface area contributed by atoms with E-state index in [9.17, 15) is 31.1 Å². The molecule has 0 aliphatic heterocycles. The van der Waals surface area contributed by atoms with Crippen LogP contribution in [0.3, 0.4) is 0 Å². The van der Waals surface area contributed by atoms with Gasteiger partial charge in [-0.25, -0.2) is 4.79 Å². The van der Waals surface area contributed by atoms with Crippen LogP contribution >= 0.6 is 0 Å². The lowest BCUT2D eigenvalue weighted by Crippen LogP contribution is -2.21. The van der Waals surface area contributed by atoms with E-state index in [0.717, 1.165) is 18.2 Å². The molecule has 0 atom stereocenters. The predicted molar refractivity (Wildman–Crippen MR) is 65.4 cm³/mol. The van der Waals surface area contributed by atoms with E-state index in [-0.39, 0.29) is 0 Å². The minimum atomic E-state index is -4.70. The maximum atomic E-state index is 12.2. The molecule has 5 nitrogen and oxygen atoms in total. The summed E-state index contributed by atoms with van der Waals surface area (Å²) in [5.41, 5.74) is -0.603. The molecule has 0 aromatic heterocycles. The van der Waals surface area contributed by atoms with E-state index in [1.165, 1.54) is 6.07 Å². The monoisotopic (exact) mass is 357 g/mol. The fourth-order valence-electron chi connectivity index (χ4n) is 1.38. The van der Waals surface area contributed by atoms with Gasteiger partial charge in [0.05, 0.1) is 0 Å². The highest BCUT2D eigenvalue weighted by atomic mass is 19.4. The molecular formula is C13H9F6NO4. The SMILES string of the molecule is N#CCOC(=O)c1cc(OCC(F)(F)F)ccc1OCC(F)(F)F. The van der Waals surface area contributed by atoms with Gasteiger partial charge in [0.1, 0.15) is 23.1 Å². The van der Waals surface area contributed by atoms with Crippen molar-refractivity contribution in [3.63, 3.8) is 0 Å². The number of carbonyl (C=O) groups excluding carboxylic acids is 1. The topological polar surface area (TPSA) is 68.5 Å². The van der Waals surface area contributed by atoms with Crippen molar-refractivity contribution >= 4 is 5.97 Å². The fraction of sp³-hybridized carbons (Fsp3) is 0.385. The number of ether oxygens (including phenoxy) is 3. The van der Waals surface area contributed by atoms with Crippen LogP contribution in [0.15, 0.2) is 18.2 Å². The highest BCUT2D eigenvalue weighted by Crippen LogP contribution is 2.28. The zero-order valence-electron chi connectivity index (χ0n) is 11.7. The summed E-state index contributed by atoms with van der Waals surface area (Å²) < 4.78 is 86.0. The minimum absolute atomic E-state index is 0.435. The Balaban J connectivity index is 3.00. The van der Waals surface area contributed by atoms with Crippen LogP contribution in [-0.4, -0.2) is 38.1 Å². The van der Waals surface area contributed by atoms with Crippen molar-refractivity contribution in [2.75, 3.05) is 19.8 Å². The van der Waals surface area contributed by atoms with Crippen LogP contribution in [0.25, 0.3) is 0 Å². The fourth-order valence-corrected chi connectivity index (χ4v) is 1.38. The van der Waals surface area contributed by atoms with Crippen LogP contribution in [0.1, 0.15) is 10.4 Å². The Morgan fingerprint density at radius 3 is 2.17 bits per heavy atom. The minimum Gasteiger partial charge on any atom is -0.484 e. The Hall–Kier alpha value is -2.64. The largest absolute Gasteiger partial charge is 0.484 e. The molecule has 0 saturated carbocycles. The number of halogens is 6. The first-order valence-electron chi connectivity index (χ1n) is 6.09. The number of alkyl halides is 6. The van der Waals surface area contributed by atoms with Crippen LogP contribution in [0.4, 0.5) is 26.3 Å². The number of hydrogen-bond donors (Lipinski definition) is 0. The van der Waals surface area contributed by atoms with Crippen molar-refractivity contribution in [1.29, 1.82) is 5.26 Å². The van der Waals surface area contributed by atoms with Gasteiger partial charge in [-0.1, -0.05) is 0 Å². The summed E-state index contributed by atoms with van der Waals surface area (Å²) >= 11 is 0. The average Bonchev–Trinajstić information content (AvgIpc) is 2.47. The molecule has 0 unspecified atom stereocenters. The van der Waals surface area contributed by atoms with Gasteiger partial charge < -0.3 is 14.2 Å². The molecule has 0 fully saturated rings. The third-order valence-electron chi connectivity index (χ3n) is 2.23. The lowest BCUT2D eigenvalue weighted by Gasteiger charge is -2.14. The molecule has 1 rings (SSSR count). The summed E-state index contributed by atoms with van der Waals surface area (Å²) in [6.45, 7) is -4.10. The highest BCUT2D eigenvalue weighted by molar-refractivity contribution is 5.93. The first kappa shape index (κ1) is 19.4. The van der Waals surface area contributed by atoms with Crippen molar-refractivity contribution in [1.82, 2.24) is 0 Å². The molecule has 0 amide bonds. The van der Waals surface area contributed by atoms with E-state index in [0.29, 0.717) is 0 Å². The van der Waals surface area contributed by atoms with E-state index in [1.807, 2.05) is 0 Å². The van der Waals surface area contributed by atoms with Crippen LogP contribution in [0.2, 0.25) is 0 Å². The van der Waals surface area contributed by atoms with E-state index in [1.54, 1.807) is 0 Å². The maximum Gasteiger partial charge on any atom is 0.422 e. The van der Waals surface area contributed by atoms with Crippen molar-refractivity contribution in [2.24, 2.45) is 0 Å². The normalized spacial score (nSPS) is 11.5. The van der Waals surface area contributed by atoms with Crippen molar-refractivity contribution < 1.29 is 45.3 Å². The second-order valence-electron chi connectivity index (χ2n) is 4.20. The third kappa shape index (κ3) is 7.08. The Bertz CT molecular complexity index is 620. The van der Waals surface area contributed by atoms with E-state index in [4.69, 9.17) is 5.26 Å². The molecule has 0 aliphatic rings. The zero-order valence-corrected chi connectivity index (χ0v) is 11.7. The maximum absolute atomic E-state index is 12.2. The molecule has 0 bridgehead atoms. The number of hydrogen-bond acceptors (Lipinski definition) is 5. The van der Waals surface area contributed by atoms with Crippen molar-refractivity contribution in [3.05, 3.63) is 23.8 Å². The summed E-state index contributed by atoms with van der Waals surface area (Å²) in [6.07, 6.45) is -9.34. The van der Waals surface area contributed by atoms with Gasteiger partial charge in [-0.05, 0) is 18.2 Å². The van der Waals surface area contributed by atoms with Crippen LogP contribution < -0.4 is 9.47 Å². The van der Waals surface area contributed by atoms with Crippen LogP contribution in [0, 0.1) is 11.3 Å². The number of nitrogens with zero attached hydrogens (tertiary/aromatic N) is 1. The van der Waals surface area contributed by atoms with Crippen molar-refractivity contribution in [3.8, 4) is 17.6 Å². The molecule has 1 aromatic carbocycles. The van der Waals surface area contributed by atoms with E-state index in [2.05, 4.69) is 14.2 Å². The summed E-state index contributed by atoms with van der Waals surface area (Å²) in [5, 5.41) is 8.31. The van der Waals surface area contributed by atoms with Crippen LogP contribution in [0.5, 0.6) is 11.5 Å². The van der Waals surface area contributed by atoms with Gasteiger partial charge in [0.25, 0.3) is 0 Å². The van der Waals surface area contributed by atoms with Crippen LogP contribution in [-0.2, 0) is 4.74 Å². The molecular weight excluding hydrogens is 348 g/mol. The number of esters is 1. The van der Waals surface area contributed by atoms with Gasteiger partial charge in [0.15, 0.2) is 19.8 Å². The zero-order chi connectivity index (χ0) is 18.4. The lowest BCUT2D eigenvalue weighted by molar-refractivity contribution is -0.154. The molecule has 0 aliphatic carbocycles. The summed E-state index contributed by atoms with van der Waals surface area (Å²) in [6, 6.07) is 3.93. The van der Waals surface area contributed by atoms with Gasteiger partial charge >= 0.3 is 18.3 Å². The summed E-state index contributed by atoms with van der Waals surface area (Å²) in [7, 11) is 0. The average molecular weight is 357 g/mol. The second kappa shape index (κ2) is 7.76. The molecule has 132 valence electrons. The van der Waals surface area contributed by atoms with Gasteiger partial charge in [-0.3, -0.25) is 0 Å². The third-order valence-corrected chi connectivity index (χ3v) is 2.23. The molecule has 0 spiro atoms. The van der Waals surface area contributed by atoms with Gasteiger partial charge in [0, 0.05) is 0 Å². The number of rotatable bonds is 6. The van der Waals surface area contributed by atoms with E-state index < -0.39 is 55.2 Å². The molecule has 11 heteroatoms. The first-order valence-corrected chi connectivity index (χ1v) is 6.09. The standard InChI is InChI=1S/C13H9F6NO4/c14-12(15,16)6-23-8-1-2-10(24-7-13(17,18)19)9(5-8)11(21)22-4-3-20/h1-2,5H,4,6-7H2. The predicted octanol–water partition coefficient (Wildman–Crippen LogP) is 3.25. The van der Waals surface area contributed by atoms with Gasteiger partial charge in [-0.15, -0.1) is 0 Å². The number of benzene rings is 1. The number of nitriles is 1. The Kier molecular flexibility index (Phi) is 6.27.